The number of hydrogen-bond donors (Lipinski definition) is 1. The number of carbonyl (C=O) groups is 2. The second-order valence-corrected chi connectivity index (χ2v) is 13.0. The highest BCUT2D eigenvalue weighted by molar-refractivity contribution is 5.89. The molecule has 0 bridgehead atoms. The summed E-state index contributed by atoms with van der Waals surface area (Å²) in [5.41, 5.74) is 8.45. The van der Waals surface area contributed by atoms with Gasteiger partial charge < -0.3 is 24.7 Å². The number of ether oxygens (including phenoxy) is 4. The Balaban J connectivity index is 1.74. The second kappa shape index (κ2) is 15.0. The summed E-state index contributed by atoms with van der Waals surface area (Å²) in [5.74, 6) is 1.14. The van der Waals surface area contributed by atoms with Gasteiger partial charge in [-0.05, 0) is 88.1 Å². The first kappa shape index (κ1) is 34.1. The quantitative estimate of drug-likeness (QED) is 0.188. The molecule has 0 radical (unpaired) electrons. The summed E-state index contributed by atoms with van der Waals surface area (Å²) in [4.78, 5) is 28.7. The van der Waals surface area contributed by atoms with Crippen LogP contribution in [0.5, 0.6) is 11.5 Å². The van der Waals surface area contributed by atoms with E-state index in [1.807, 2.05) is 91.0 Å². The van der Waals surface area contributed by atoms with Gasteiger partial charge in [0.15, 0.2) is 0 Å². The minimum absolute atomic E-state index is 0.337. The number of imide groups is 1. The monoisotopic (exact) mass is 624 g/mol. The van der Waals surface area contributed by atoms with E-state index in [1.165, 1.54) is 0 Å². The molecule has 0 fully saturated rings. The summed E-state index contributed by atoms with van der Waals surface area (Å²) < 4.78 is 23.7. The SMILES string of the molecule is CC(C)(C)OC(=O)N(C(=O)OC(C)(C)C)C(c1cccc(OCc2ccccc2)c1)C(N)c1cccc(OCc2ccccc2)c1. The zero-order valence-corrected chi connectivity index (χ0v) is 27.4. The van der Waals surface area contributed by atoms with Crippen LogP contribution in [0.15, 0.2) is 109 Å². The van der Waals surface area contributed by atoms with Crippen molar-refractivity contribution < 1.29 is 28.5 Å². The molecule has 0 aromatic heterocycles. The zero-order chi connectivity index (χ0) is 33.3. The Bertz CT molecular complexity index is 1550. The number of hydrogen-bond acceptors (Lipinski definition) is 7. The first-order valence-electron chi connectivity index (χ1n) is 15.3. The molecule has 4 aromatic carbocycles. The molecule has 2 atom stereocenters. The fourth-order valence-corrected chi connectivity index (χ4v) is 4.70. The molecule has 0 aliphatic heterocycles. The van der Waals surface area contributed by atoms with Crippen molar-refractivity contribution in [3.63, 3.8) is 0 Å². The van der Waals surface area contributed by atoms with Crippen LogP contribution >= 0.6 is 0 Å². The van der Waals surface area contributed by atoms with Crippen molar-refractivity contribution >= 4 is 12.2 Å². The molecule has 8 nitrogen and oxygen atoms in total. The molecule has 0 spiro atoms. The molecule has 0 saturated carbocycles. The van der Waals surface area contributed by atoms with Crippen LogP contribution < -0.4 is 15.2 Å². The first-order chi connectivity index (χ1) is 21.8. The Morgan fingerprint density at radius 1 is 0.609 bits per heavy atom. The molecule has 0 heterocycles. The van der Waals surface area contributed by atoms with Crippen molar-refractivity contribution in [2.75, 3.05) is 0 Å². The van der Waals surface area contributed by atoms with E-state index < -0.39 is 35.5 Å². The number of nitrogens with two attached hydrogens (primary N) is 1. The predicted molar refractivity (Wildman–Crippen MR) is 178 cm³/mol. The molecule has 4 aromatic rings. The van der Waals surface area contributed by atoms with E-state index in [-0.39, 0.29) is 0 Å². The lowest BCUT2D eigenvalue weighted by Crippen LogP contribution is -2.48. The van der Waals surface area contributed by atoms with Gasteiger partial charge in [0, 0.05) is 0 Å². The van der Waals surface area contributed by atoms with Crippen LogP contribution in [0.3, 0.4) is 0 Å². The normalized spacial score (nSPS) is 12.8. The molecule has 4 rings (SSSR count). The predicted octanol–water partition coefficient (Wildman–Crippen LogP) is 8.76. The van der Waals surface area contributed by atoms with Gasteiger partial charge in [-0.3, -0.25) is 0 Å². The number of nitrogens with zero attached hydrogens (tertiary/aromatic N) is 1. The van der Waals surface area contributed by atoms with Crippen molar-refractivity contribution in [3.8, 4) is 11.5 Å². The van der Waals surface area contributed by atoms with Gasteiger partial charge in [0.25, 0.3) is 0 Å². The van der Waals surface area contributed by atoms with Crippen molar-refractivity contribution in [2.24, 2.45) is 5.73 Å². The van der Waals surface area contributed by atoms with Crippen LogP contribution in [-0.2, 0) is 22.7 Å². The summed E-state index contributed by atoms with van der Waals surface area (Å²) in [6, 6.07) is 32.2. The number of amides is 2. The van der Waals surface area contributed by atoms with Gasteiger partial charge in [0.1, 0.15) is 35.9 Å². The number of benzene rings is 4. The van der Waals surface area contributed by atoms with Crippen molar-refractivity contribution in [3.05, 3.63) is 131 Å². The molecule has 2 unspecified atom stereocenters. The third kappa shape index (κ3) is 10.1. The summed E-state index contributed by atoms with van der Waals surface area (Å²) >= 11 is 0. The number of carbonyl (C=O) groups excluding carboxylic acids is 2. The smallest absolute Gasteiger partial charge is 0.420 e. The molecule has 0 saturated heterocycles. The van der Waals surface area contributed by atoms with E-state index in [4.69, 9.17) is 24.7 Å². The van der Waals surface area contributed by atoms with Crippen LogP contribution in [0.1, 0.15) is 75.9 Å². The van der Waals surface area contributed by atoms with E-state index in [0.29, 0.717) is 35.8 Å². The van der Waals surface area contributed by atoms with Crippen LogP contribution in [0.4, 0.5) is 9.59 Å². The second-order valence-electron chi connectivity index (χ2n) is 13.0. The molecule has 2 amide bonds. The standard InChI is InChI=1S/C38H44N2O6/c1-37(2,3)45-35(41)40(36(42)46-38(4,5)6)34(30-20-14-22-32(24-30)44-26-28-17-11-8-12-18-28)33(39)29-19-13-21-31(23-29)43-25-27-15-9-7-10-16-27/h7-24,33-34H,25-26,39H2,1-6H3. The molecule has 8 heteroatoms. The summed E-state index contributed by atoms with van der Waals surface area (Å²) in [7, 11) is 0. The van der Waals surface area contributed by atoms with Gasteiger partial charge >= 0.3 is 12.2 Å². The third-order valence-electron chi connectivity index (χ3n) is 6.74. The topological polar surface area (TPSA) is 100 Å². The Kier molecular flexibility index (Phi) is 11.1. The molecule has 2 N–H and O–H groups in total. The van der Waals surface area contributed by atoms with Gasteiger partial charge in [-0.2, -0.15) is 0 Å². The fourth-order valence-electron chi connectivity index (χ4n) is 4.70. The maximum absolute atomic E-state index is 13.9. The molecule has 242 valence electrons. The number of rotatable bonds is 10. The van der Waals surface area contributed by atoms with E-state index in [9.17, 15) is 9.59 Å². The Morgan fingerprint density at radius 3 is 1.46 bits per heavy atom. The average Bonchev–Trinajstić information content (AvgIpc) is 3.00. The van der Waals surface area contributed by atoms with Gasteiger partial charge in [-0.25, -0.2) is 14.5 Å². The van der Waals surface area contributed by atoms with Gasteiger partial charge in [-0.1, -0.05) is 84.9 Å². The Morgan fingerprint density at radius 2 is 1.02 bits per heavy atom. The highest BCUT2D eigenvalue weighted by Gasteiger charge is 2.41. The molecule has 46 heavy (non-hydrogen) atoms. The van der Waals surface area contributed by atoms with Crippen molar-refractivity contribution in [1.29, 1.82) is 0 Å². The highest BCUT2D eigenvalue weighted by Crippen LogP contribution is 2.37. The lowest BCUT2D eigenvalue weighted by Gasteiger charge is -2.36. The molecular weight excluding hydrogens is 580 g/mol. The van der Waals surface area contributed by atoms with Crippen molar-refractivity contribution in [1.82, 2.24) is 4.90 Å². The maximum atomic E-state index is 13.9. The van der Waals surface area contributed by atoms with Gasteiger partial charge in [-0.15, -0.1) is 0 Å². The summed E-state index contributed by atoms with van der Waals surface area (Å²) in [6.45, 7) is 11.1. The van der Waals surface area contributed by atoms with Crippen LogP contribution in [-0.4, -0.2) is 28.3 Å². The third-order valence-corrected chi connectivity index (χ3v) is 6.74. The Labute approximate surface area is 272 Å². The van der Waals surface area contributed by atoms with Crippen LogP contribution in [0.2, 0.25) is 0 Å². The van der Waals surface area contributed by atoms with E-state index in [1.54, 1.807) is 59.7 Å². The first-order valence-corrected chi connectivity index (χ1v) is 15.3. The van der Waals surface area contributed by atoms with Crippen LogP contribution in [0, 0.1) is 0 Å². The lowest BCUT2D eigenvalue weighted by atomic mass is 9.92. The molecular formula is C38H44N2O6. The summed E-state index contributed by atoms with van der Waals surface area (Å²) in [6.07, 6.45) is -1.76. The Hall–Kier alpha value is -4.82. The average molecular weight is 625 g/mol. The fraction of sp³-hybridized carbons (Fsp3) is 0.316. The zero-order valence-electron chi connectivity index (χ0n) is 27.4. The maximum Gasteiger partial charge on any atom is 0.420 e. The minimum Gasteiger partial charge on any atom is -0.489 e. The van der Waals surface area contributed by atoms with Crippen LogP contribution in [0.25, 0.3) is 0 Å². The largest absolute Gasteiger partial charge is 0.489 e. The highest BCUT2D eigenvalue weighted by atomic mass is 16.6. The van der Waals surface area contributed by atoms with E-state index >= 15 is 0 Å². The summed E-state index contributed by atoms with van der Waals surface area (Å²) in [5, 5.41) is 0. The van der Waals surface area contributed by atoms with Gasteiger partial charge in [0.05, 0.1) is 12.1 Å². The van der Waals surface area contributed by atoms with Gasteiger partial charge in [0.2, 0.25) is 0 Å². The molecule has 0 aliphatic carbocycles. The van der Waals surface area contributed by atoms with Crippen molar-refractivity contribution in [2.45, 2.75) is 78.0 Å². The lowest BCUT2D eigenvalue weighted by molar-refractivity contribution is -0.0102. The minimum atomic E-state index is -1.03. The van der Waals surface area contributed by atoms with E-state index in [2.05, 4.69) is 0 Å². The molecule has 0 aliphatic rings. The van der Waals surface area contributed by atoms with E-state index in [0.717, 1.165) is 16.0 Å².